The SMILES string of the molecule is OC(Cc1ccc(F)c(F)c1)CC1CCCCO1. The van der Waals surface area contributed by atoms with Gasteiger partial charge >= 0.3 is 0 Å². The number of hydrogen-bond donors (Lipinski definition) is 1. The van der Waals surface area contributed by atoms with Crippen LogP contribution in [0.5, 0.6) is 0 Å². The highest BCUT2D eigenvalue weighted by Crippen LogP contribution is 2.19. The number of benzene rings is 1. The molecule has 0 radical (unpaired) electrons. The molecule has 1 aromatic rings. The van der Waals surface area contributed by atoms with Crippen LogP contribution in [0.3, 0.4) is 0 Å². The molecule has 0 saturated carbocycles. The normalized spacial score (nSPS) is 21.8. The van der Waals surface area contributed by atoms with Gasteiger partial charge < -0.3 is 9.84 Å². The zero-order valence-corrected chi connectivity index (χ0v) is 10.2. The fourth-order valence-corrected chi connectivity index (χ4v) is 2.32. The Hall–Kier alpha value is -1.00. The molecule has 1 aromatic carbocycles. The van der Waals surface area contributed by atoms with Crippen LogP contribution in [-0.2, 0) is 11.2 Å². The van der Waals surface area contributed by atoms with Crippen molar-refractivity contribution in [1.29, 1.82) is 0 Å². The van der Waals surface area contributed by atoms with E-state index < -0.39 is 17.7 Å². The topological polar surface area (TPSA) is 29.5 Å². The predicted molar refractivity (Wildman–Crippen MR) is 64.3 cm³/mol. The maximum atomic E-state index is 13.0. The lowest BCUT2D eigenvalue weighted by molar-refractivity contribution is -0.0147. The van der Waals surface area contributed by atoms with E-state index in [0.29, 0.717) is 18.4 Å². The van der Waals surface area contributed by atoms with E-state index >= 15 is 0 Å². The molecule has 0 spiro atoms. The number of aliphatic hydroxyl groups is 1. The van der Waals surface area contributed by atoms with Crippen LogP contribution in [0.25, 0.3) is 0 Å². The molecule has 1 saturated heterocycles. The third kappa shape index (κ3) is 3.75. The van der Waals surface area contributed by atoms with E-state index in [0.717, 1.165) is 38.0 Å². The van der Waals surface area contributed by atoms with Crippen molar-refractivity contribution in [3.63, 3.8) is 0 Å². The van der Waals surface area contributed by atoms with Gasteiger partial charge in [0.05, 0.1) is 12.2 Å². The van der Waals surface area contributed by atoms with Gasteiger partial charge in [0.25, 0.3) is 0 Å². The van der Waals surface area contributed by atoms with Gasteiger partial charge in [0.15, 0.2) is 11.6 Å². The fourth-order valence-electron chi connectivity index (χ4n) is 2.32. The van der Waals surface area contributed by atoms with Gasteiger partial charge in [-0.25, -0.2) is 8.78 Å². The van der Waals surface area contributed by atoms with E-state index in [1.54, 1.807) is 0 Å². The molecule has 4 heteroatoms. The Morgan fingerprint density at radius 3 is 2.78 bits per heavy atom. The van der Waals surface area contributed by atoms with Gasteiger partial charge in [0.1, 0.15) is 0 Å². The van der Waals surface area contributed by atoms with Crippen molar-refractivity contribution in [2.75, 3.05) is 6.61 Å². The summed E-state index contributed by atoms with van der Waals surface area (Å²) in [5.74, 6) is -1.72. The molecule has 1 aliphatic rings. The molecule has 1 fully saturated rings. The first-order chi connectivity index (χ1) is 8.65. The molecule has 100 valence electrons. The summed E-state index contributed by atoms with van der Waals surface area (Å²) >= 11 is 0. The van der Waals surface area contributed by atoms with E-state index in [9.17, 15) is 13.9 Å². The summed E-state index contributed by atoms with van der Waals surface area (Å²) in [6, 6.07) is 3.73. The van der Waals surface area contributed by atoms with Gasteiger partial charge in [-0.1, -0.05) is 6.07 Å². The van der Waals surface area contributed by atoms with Crippen molar-refractivity contribution in [3.05, 3.63) is 35.4 Å². The van der Waals surface area contributed by atoms with Gasteiger partial charge in [0, 0.05) is 6.61 Å². The second-order valence-electron chi connectivity index (χ2n) is 4.83. The molecule has 0 amide bonds. The van der Waals surface area contributed by atoms with Crippen molar-refractivity contribution in [3.8, 4) is 0 Å². The summed E-state index contributed by atoms with van der Waals surface area (Å²) in [4.78, 5) is 0. The average molecular weight is 256 g/mol. The summed E-state index contributed by atoms with van der Waals surface area (Å²) < 4.78 is 31.3. The molecule has 2 atom stereocenters. The molecule has 2 unspecified atom stereocenters. The van der Waals surface area contributed by atoms with Gasteiger partial charge in [-0.3, -0.25) is 0 Å². The summed E-state index contributed by atoms with van der Waals surface area (Å²) in [5, 5.41) is 9.92. The fraction of sp³-hybridized carbons (Fsp3) is 0.571. The monoisotopic (exact) mass is 256 g/mol. The summed E-state index contributed by atoms with van der Waals surface area (Å²) in [5.41, 5.74) is 0.609. The molecule has 2 nitrogen and oxygen atoms in total. The molecule has 0 bridgehead atoms. The molecular formula is C14H18F2O2. The highest BCUT2D eigenvalue weighted by atomic mass is 19.2. The van der Waals surface area contributed by atoms with Gasteiger partial charge in [-0.05, 0) is 49.8 Å². The quantitative estimate of drug-likeness (QED) is 0.897. The molecular weight excluding hydrogens is 238 g/mol. The van der Waals surface area contributed by atoms with Crippen molar-refractivity contribution in [2.24, 2.45) is 0 Å². The number of halogens is 2. The van der Waals surface area contributed by atoms with Crippen molar-refractivity contribution >= 4 is 0 Å². The van der Waals surface area contributed by atoms with E-state index in [4.69, 9.17) is 4.74 Å². The Kier molecular flexibility index (Phi) is 4.66. The first-order valence-electron chi connectivity index (χ1n) is 6.39. The third-order valence-electron chi connectivity index (χ3n) is 3.26. The summed E-state index contributed by atoms with van der Waals surface area (Å²) in [6.07, 6.45) is 3.58. The summed E-state index contributed by atoms with van der Waals surface area (Å²) in [6.45, 7) is 0.753. The molecule has 1 N–H and O–H groups in total. The number of hydrogen-bond acceptors (Lipinski definition) is 2. The first kappa shape index (κ1) is 13.4. The Balaban J connectivity index is 1.85. The zero-order chi connectivity index (χ0) is 13.0. The molecule has 18 heavy (non-hydrogen) atoms. The highest BCUT2D eigenvalue weighted by molar-refractivity contribution is 5.18. The number of rotatable bonds is 4. The molecule has 1 aliphatic heterocycles. The van der Waals surface area contributed by atoms with Crippen LogP contribution in [0.2, 0.25) is 0 Å². The maximum absolute atomic E-state index is 13.0. The van der Waals surface area contributed by atoms with Crippen LogP contribution in [0.4, 0.5) is 8.78 Å². The smallest absolute Gasteiger partial charge is 0.159 e. The summed E-state index contributed by atoms with van der Waals surface area (Å²) in [7, 11) is 0. The lowest BCUT2D eigenvalue weighted by atomic mass is 9.99. The standard InChI is InChI=1S/C14H18F2O2/c15-13-5-4-10(8-14(13)16)7-11(17)9-12-3-1-2-6-18-12/h4-5,8,11-12,17H,1-3,6-7,9H2. The lowest BCUT2D eigenvalue weighted by Gasteiger charge is -2.24. The molecule has 0 aliphatic carbocycles. The Morgan fingerprint density at radius 1 is 1.28 bits per heavy atom. The zero-order valence-electron chi connectivity index (χ0n) is 10.2. The second kappa shape index (κ2) is 6.25. The van der Waals surface area contributed by atoms with E-state index in [1.165, 1.54) is 6.07 Å². The predicted octanol–water partition coefficient (Wildman–Crippen LogP) is 2.83. The van der Waals surface area contributed by atoms with Crippen LogP contribution in [0, 0.1) is 11.6 Å². The van der Waals surface area contributed by atoms with Crippen LogP contribution >= 0.6 is 0 Å². The minimum atomic E-state index is -0.867. The first-order valence-corrected chi connectivity index (χ1v) is 6.39. The maximum Gasteiger partial charge on any atom is 0.159 e. The van der Waals surface area contributed by atoms with Crippen LogP contribution in [0.15, 0.2) is 18.2 Å². The Bertz CT molecular complexity index is 389. The van der Waals surface area contributed by atoms with Crippen LogP contribution < -0.4 is 0 Å². The molecule has 2 rings (SSSR count). The minimum Gasteiger partial charge on any atom is -0.393 e. The van der Waals surface area contributed by atoms with Crippen LogP contribution in [-0.4, -0.2) is 23.9 Å². The van der Waals surface area contributed by atoms with Crippen LogP contribution in [0.1, 0.15) is 31.2 Å². The third-order valence-corrected chi connectivity index (χ3v) is 3.26. The van der Waals surface area contributed by atoms with E-state index in [1.807, 2.05) is 0 Å². The number of aliphatic hydroxyl groups excluding tert-OH is 1. The van der Waals surface area contributed by atoms with E-state index in [-0.39, 0.29) is 6.10 Å². The van der Waals surface area contributed by atoms with Gasteiger partial charge in [0.2, 0.25) is 0 Å². The minimum absolute atomic E-state index is 0.0963. The van der Waals surface area contributed by atoms with Gasteiger partial charge in [-0.15, -0.1) is 0 Å². The molecule has 0 aromatic heterocycles. The molecule has 1 heterocycles. The Morgan fingerprint density at radius 2 is 2.11 bits per heavy atom. The average Bonchev–Trinajstić information content (AvgIpc) is 2.35. The lowest BCUT2D eigenvalue weighted by Crippen LogP contribution is -2.25. The van der Waals surface area contributed by atoms with Crippen molar-refractivity contribution in [1.82, 2.24) is 0 Å². The Labute approximate surface area is 106 Å². The largest absolute Gasteiger partial charge is 0.393 e. The van der Waals surface area contributed by atoms with Gasteiger partial charge in [-0.2, -0.15) is 0 Å². The highest BCUT2D eigenvalue weighted by Gasteiger charge is 2.18. The van der Waals surface area contributed by atoms with Crippen molar-refractivity contribution < 1.29 is 18.6 Å². The van der Waals surface area contributed by atoms with Crippen molar-refractivity contribution in [2.45, 2.75) is 44.3 Å². The second-order valence-corrected chi connectivity index (χ2v) is 4.83. The van der Waals surface area contributed by atoms with E-state index in [2.05, 4.69) is 0 Å². The number of ether oxygens (including phenoxy) is 1.